The molecule has 1 aliphatic carbocycles. The lowest BCUT2D eigenvalue weighted by molar-refractivity contribution is -0.175. The molecule has 0 saturated heterocycles. The number of rotatable bonds is 1. The third kappa shape index (κ3) is 1.99. The minimum Gasteiger partial charge on any atom is -0.467 e. The zero-order valence-electron chi connectivity index (χ0n) is 8.30. The van der Waals surface area contributed by atoms with Crippen LogP contribution >= 0.6 is 0 Å². The summed E-state index contributed by atoms with van der Waals surface area (Å²) < 4.78 is 11.8. The molecule has 0 spiro atoms. The molecular formula is C8H14O5. The van der Waals surface area contributed by atoms with Crippen molar-refractivity contribution in [2.45, 2.75) is 37.0 Å². The Morgan fingerprint density at radius 3 is 2.77 bits per heavy atom. The minimum atomic E-state index is -2.01. The predicted octanol–water partition coefficient (Wildman–Crippen LogP) is -1.20. The molecule has 13 heavy (non-hydrogen) atoms. The minimum absolute atomic E-state index is 0.0716. The lowest BCUT2D eigenvalue weighted by Gasteiger charge is -2.34. The van der Waals surface area contributed by atoms with Crippen molar-refractivity contribution >= 4 is 5.97 Å². The van der Waals surface area contributed by atoms with E-state index in [0.29, 0.717) is 0 Å². The number of aliphatic hydroxyl groups is 3. The summed E-state index contributed by atoms with van der Waals surface area (Å²) in [6.45, 7) is 0. The van der Waals surface area contributed by atoms with Crippen LogP contribution in [0.5, 0.6) is 0 Å². The molecule has 0 aromatic carbocycles. The summed E-state index contributed by atoms with van der Waals surface area (Å²) in [5, 5.41) is 28.3. The standard InChI is InChI=1S/C8H14O5/c1-13-7(11)8(12)3-2-5(9)6(10)4-8/h5-6,9-10,12H,2-4H2,1H3/t5-,6+,8+/m0/s1/i4D/t4-,5-,6+,8+. The quantitative estimate of drug-likeness (QED) is 0.453. The van der Waals surface area contributed by atoms with E-state index in [9.17, 15) is 20.1 Å². The summed E-state index contributed by atoms with van der Waals surface area (Å²) in [5.74, 6) is -0.941. The van der Waals surface area contributed by atoms with Gasteiger partial charge >= 0.3 is 5.97 Å². The second kappa shape index (κ2) is 3.61. The number of hydrogen-bond acceptors (Lipinski definition) is 5. The highest BCUT2D eigenvalue weighted by atomic mass is 16.5. The van der Waals surface area contributed by atoms with Crippen LogP contribution in [-0.4, -0.2) is 46.2 Å². The summed E-state index contributed by atoms with van der Waals surface area (Å²) in [6, 6.07) is 0. The van der Waals surface area contributed by atoms with Gasteiger partial charge in [-0.3, -0.25) is 0 Å². The SMILES string of the molecule is [2H][C@H]1[C@@H](O)[C@@H](O)CC[C@]1(O)C(=O)OC. The van der Waals surface area contributed by atoms with E-state index < -0.39 is 30.2 Å². The van der Waals surface area contributed by atoms with Gasteiger partial charge in [-0.1, -0.05) is 0 Å². The van der Waals surface area contributed by atoms with E-state index in [4.69, 9.17) is 1.37 Å². The predicted molar refractivity (Wildman–Crippen MR) is 42.8 cm³/mol. The molecule has 0 aromatic heterocycles. The van der Waals surface area contributed by atoms with E-state index in [0.717, 1.165) is 7.11 Å². The molecule has 76 valence electrons. The molecule has 0 aliphatic heterocycles. The van der Waals surface area contributed by atoms with E-state index in [2.05, 4.69) is 4.74 Å². The molecule has 0 aromatic rings. The van der Waals surface area contributed by atoms with Crippen LogP contribution in [0.2, 0.25) is 0 Å². The lowest BCUT2D eigenvalue weighted by atomic mass is 9.81. The molecule has 5 heteroatoms. The van der Waals surface area contributed by atoms with Crippen LogP contribution < -0.4 is 0 Å². The van der Waals surface area contributed by atoms with Gasteiger partial charge < -0.3 is 20.1 Å². The van der Waals surface area contributed by atoms with E-state index in [1.54, 1.807) is 0 Å². The fourth-order valence-corrected chi connectivity index (χ4v) is 1.36. The second-order valence-corrected chi connectivity index (χ2v) is 3.18. The summed E-state index contributed by atoms with van der Waals surface area (Å²) in [6.07, 6.45) is -3.97. The Morgan fingerprint density at radius 2 is 2.23 bits per heavy atom. The first-order valence-corrected chi connectivity index (χ1v) is 4.02. The Hall–Kier alpha value is -0.650. The van der Waals surface area contributed by atoms with Gasteiger partial charge in [-0.15, -0.1) is 0 Å². The second-order valence-electron chi connectivity index (χ2n) is 3.18. The van der Waals surface area contributed by atoms with Crippen molar-refractivity contribution in [2.24, 2.45) is 0 Å². The van der Waals surface area contributed by atoms with Crippen molar-refractivity contribution in [1.29, 1.82) is 0 Å². The van der Waals surface area contributed by atoms with Crippen molar-refractivity contribution in [2.75, 3.05) is 7.11 Å². The highest BCUT2D eigenvalue weighted by Gasteiger charge is 2.44. The first-order chi connectivity index (χ1) is 6.43. The van der Waals surface area contributed by atoms with Crippen LogP contribution in [0, 0.1) is 0 Å². The van der Waals surface area contributed by atoms with Gasteiger partial charge in [-0.2, -0.15) is 0 Å². The third-order valence-corrected chi connectivity index (χ3v) is 2.20. The number of carbonyl (C=O) groups is 1. The van der Waals surface area contributed by atoms with Gasteiger partial charge in [0.05, 0.1) is 19.3 Å². The number of aliphatic hydroxyl groups excluding tert-OH is 2. The maximum atomic E-state index is 11.2. The van der Waals surface area contributed by atoms with Crippen LogP contribution in [0.4, 0.5) is 0 Å². The molecule has 0 unspecified atom stereocenters. The van der Waals surface area contributed by atoms with Crippen molar-refractivity contribution in [1.82, 2.24) is 0 Å². The Labute approximate surface area is 77.4 Å². The zero-order valence-corrected chi connectivity index (χ0v) is 7.30. The van der Waals surface area contributed by atoms with Crippen molar-refractivity contribution in [3.05, 3.63) is 0 Å². The van der Waals surface area contributed by atoms with Gasteiger partial charge in [0.1, 0.15) is 0 Å². The van der Waals surface area contributed by atoms with Crippen LogP contribution in [-0.2, 0) is 9.53 Å². The van der Waals surface area contributed by atoms with Crippen LogP contribution in [0.3, 0.4) is 0 Å². The van der Waals surface area contributed by atoms with Gasteiger partial charge in [0.25, 0.3) is 0 Å². The third-order valence-electron chi connectivity index (χ3n) is 2.20. The monoisotopic (exact) mass is 191 g/mol. The van der Waals surface area contributed by atoms with Crippen molar-refractivity contribution < 1.29 is 26.2 Å². The van der Waals surface area contributed by atoms with Crippen LogP contribution in [0.1, 0.15) is 20.6 Å². The van der Waals surface area contributed by atoms with Crippen molar-refractivity contribution in [3.8, 4) is 0 Å². The molecule has 4 atom stereocenters. The Kier molecular flexibility index (Phi) is 2.48. The fourth-order valence-electron chi connectivity index (χ4n) is 1.36. The molecule has 0 radical (unpaired) electrons. The molecular weight excluding hydrogens is 176 g/mol. The maximum absolute atomic E-state index is 11.2. The van der Waals surface area contributed by atoms with Gasteiger partial charge in [0, 0.05) is 7.77 Å². The molecule has 1 aliphatic rings. The zero-order chi connectivity index (χ0) is 10.9. The van der Waals surface area contributed by atoms with E-state index in [1.807, 2.05) is 0 Å². The fraction of sp³-hybridized carbons (Fsp3) is 0.875. The number of hydrogen-bond donors (Lipinski definition) is 3. The Bertz CT molecular complexity index is 234. The maximum Gasteiger partial charge on any atom is 0.337 e. The number of carbonyl (C=O) groups excluding carboxylic acids is 1. The normalized spacial score (nSPS) is 46.8. The summed E-state index contributed by atoms with van der Waals surface area (Å²) in [7, 11) is 1.10. The number of esters is 1. The highest BCUT2D eigenvalue weighted by molar-refractivity contribution is 5.79. The van der Waals surface area contributed by atoms with Crippen molar-refractivity contribution in [3.63, 3.8) is 0 Å². The smallest absolute Gasteiger partial charge is 0.337 e. The van der Waals surface area contributed by atoms with Crippen LogP contribution in [0.15, 0.2) is 0 Å². The van der Waals surface area contributed by atoms with Gasteiger partial charge in [0.2, 0.25) is 0 Å². The Morgan fingerprint density at radius 1 is 1.62 bits per heavy atom. The molecule has 1 rings (SSSR count). The van der Waals surface area contributed by atoms with E-state index in [1.165, 1.54) is 0 Å². The molecule has 0 amide bonds. The van der Waals surface area contributed by atoms with Crippen LogP contribution in [0.25, 0.3) is 0 Å². The highest BCUT2D eigenvalue weighted by Crippen LogP contribution is 2.29. The van der Waals surface area contributed by atoms with E-state index >= 15 is 0 Å². The average Bonchev–Trinajstić information content (AvgIpc) is 2.19. The largest absolute Gasteiger partial charge is 0.467 e. The van der Waals surface area contributed by atoms with Gasteiger partial charge in [-0.25, -0.2) is 4.79 Å². The average molecular weight is 191 g/mol. The molecule has 1 fully saturated rings. The summed E-state index contributed by atoms with van der Waals surface area (Å²) in [4.78, 5) is 11.2. The lowest BCUT2D eigenvalue weighted by Crippen LogP contribution is -2.50. The topological polar surface area (TPSA) is 87.0 Å². The molecule has 0 heterocycles. The molecule has 5 nitrogen and oxygen atoms in total. The van der Waals surface area contributed by atoms with Gasteiger partial charge in [0.15, 0.2) is 5.60 Å². The Balaban J connectivity index is 2.85. The first kappa shape index (κ1) is 8.93. The summed E-state index contributed by atoms with van der Waals surface area (Å²) in [5.41, 5.74) is -2.01. The number of ether oxygens (including phenoxy) is 1. The molecule has 0 bridgehead atoms. The van der Waals surface area contributed by atoms with Gasteiger partial charge in [-0.05, 0) is 12.8 Å². The number of methoxy groups -OCH3 is 1. The molecule has 3 N–H and O–H groups in total. The molecule has 1 saturated carbocycles. The van der Waals surface area contributed by atoms with E-state index in [-0.39, 0.29) is 12.8 Å². The summed E-state index contributed by atoms with van der Waals surface area (Å²) >= 11 is 0. The first-order valence-electron chi connectivity index (χ1n) is 4.60.